The fraction of sp³-hybridized carbons (Fsp3) is 0.288. The largest absolute Gasteiger partial charge is 0.463 e. The van der Waals surface area contributed by atoms with E-state index in [1.807, 2.05) is 0 Å². The highest BCUT2D eigenvalue weighted by molar-refractivity contribution is 14.1. The van der Waals surface area contributed by atoms with Gasteiger partial charge in [-0.1, -0.05) is 151 Å². The van der Waals surface area contributed by atoms with Crippen molar-refractivity contribution in [3.8, 4) is 55.6 Å². The van der Waals surface area contributed by atoms with Crippen molar-refractivity contribution < 1.29 is 19.1 Å². The zero-order valence-electron chi connectivity index (χ0n) is 37.6. The minimum Gasteiger partial charge on any atom is -0.463 e. The van der Waals surface area contributed by atoms with E-state index in [0.717, 1.165) is 51.4 Å². The highest BCUT2D eigenvalue weighted by Crippen LogP contribution is 2.58. The molecule has 9 rings (SSSR count). The lowest BCUT2D eigenvalue weighted by molar-refractivity contribution is -0.138. The Hall–Kier alpha value is -5.53. The molecule has 324 valence electrons. The highest BCUT2D eigenvalue weighted by atomic mass is 127. The summed E-state index contributed by atoms with van der Waals surface area (Å²) < 4.78 is 12.1. The standard InChI is InChI=1S/C59H57IO4/c1-7-54(61)63-31-17-9-15-29-59(30-16-10-18-32-64-55(62)8-2)51-35-39(38-23-26-44-42-19-11-13-21-47(42)57(3,4)49(44)33-38)25-28-46(51)56-52(59)36-41(37-53(56)60)40-24-27-45-43-20-12-14-22-48(43)58(5,6)50(45)34-40/h7-8,11-14,19-28,33-37H,1-2,9-10,15-18,29-32H2,3-6H3. The highest BCUT2D eigenvalue weighted by Gasteiger charge is 2.44. The second-order valence-corrected chi connectivity index (χ2v) is 20.1. The monoisotopic (exact) mass is 956 g/mol. The molecule has 0 amide bonds. The first-order valence-electron chi connectivity index (χ1n) is 23.0. The number of benzene rings is 6. The quantitative estimate of drug-likeness (QED) is 0.0420. The van der Waals surface area contributed by atoms with Crippen molar-refractivity contribution in [2.24, 2.45) is 0 Å². The van der Waals surface area contributed by atoms with E-state index in [1.165, 1.54) is 105 Å². The fourth-order valence-corrected chi connectivity index (χ4v) is 12.1. The third-order valence-corrected chi connectivity index (χ3v) is 15.4. The molecule has 0 radical (unpaired) electrons. The van der Waals surface area contributed by atoms with Gasteiger partial charge in [-0.3, -0.25) is 0 Å². The van der Waals surface area contributed by atoms with E-state index in [9.17, 15) is 9.59 Å². The van der Waals surface area contributed by atoms with Crippen molar-refractivity contribution in [2.75, 3.05) is 13.2 Å². The lowest BCUT2D eigenvalue weighted by atomic mass is 9.70. The molecule has 3 aliphatic rings. The number of halogens is 1. The summed E-state index contributed by atoms with van der Waals surface area (Å²) >= 11 is 2.60. The number of ether oxygens (including phenoxy) is 2. The molecule has 0 fully saturated rings. The Labute approximate surface area is 393 Å². The Balaban J connectivity index is 1.14. The molecular weight excluding hydrogens is 900 g/mol. The van der Waals surface area contributed by atoms with Gasteiger partial charge < -0.3 is 9.47 Å². The van der Waals surface area contributed by atoms with Crippen molar-refractivity contribution in [2.45, 2.75) is 95.3 Å². The molecule has 3 aliphatic carbocycles. The zero-order valence-corrected chi connectivity index (χ0v) is 39.8. The minimum atomic E-state index is -0.374. The van der Waals surface area contributed by atoms with Gasteiger partial charge in [0.2, 0.25) is 0 Å². The van der Waals surface area contributed by atoms with Gasteiger partial charge in [0.05, 0.1) is 13.2 Å². The molecule has 0 heterocycles. The Kier molecular flexibility index (Phi) is 11.9. The Morgan fingerprint density at radius 3 is 1.41 bits per heavy atom. The molecule has 64 heavy (non-hydrogen) atoms. The van der Waals surface area contributed by atoms with Crippen LogP contribution in [0.25, 0.3) is 55.6 Å². The van der Waals surface area contributed by atoms with E-state index in [4.69, 9.17) is 9.47 Å². The Morgan fingerprint density at radius 2 is 0.906 bits per heavy atom. The molecule has 0 spiro atoms. The maximum atomic E-state index is 11.9. The summed E-state index contributed by atoms with van der Waals surface area (Å²) in [4.78, 5) is 23.8. The molecule has 4 nitrogen and oxygen atoms in total. The van der Waals surface area contributed by atoms with E-state index in [1.54, 1.807) is 0 Å². The second-order valence-electron chi connectivity index (χ2n) is 18.9. The Morgan fingerprint density at radius 1 is 0.484 bits per heavy atom. The van der Waals surface area contributed by atoms with Crippen molar-refractivity contribution in [1.82, 2.24) is 0 Å². The van der Waals surface area contributed by atoms with Crippen LogP contribution in [0.15, 0.2) is 141 Å². The average Bonchev–Trinajstić information content (AvgIpc) is 3.81. The SMILES string of the molecule is C=CC(=O)OCCCCCC1(CCCCCOC(=O)C=C)c2cc(-c3ccc4c(c3)C(C)(C)c3ccccc3-4)ccc2-c2c(I)cc(-c3ccc4c(c3)C(C)(C)c3ccccc3-4)cc21. The van der Waals surface area contributed by atoms with E-state index in [2.05, 4.69) is 179 Å². The first kappa shape index (κ1) is 43.7. The fourth-order valence-electron chi connectivity index (χ4n) is 11.2. The third kappa shape index (κ3) is 7.57. The van der Waals surface area contributed by atoms with E-state index < -0.39 is 0 Å². The van der Waals surface area contributed by atoms with Crippen LogP contribution in [0.5, 0.6) is 0 Å². The van der Waals surface area contributed by atoms with Gasteiger partial charge in [0, 0.05) is 32.0 Å². The van der Waals surface area contributed by atoms with Gasteiger partial charge in [-0.2, -0.15) is 0 Å². The molecule has 0 N–H and O–H groups in total. The molecule has 0 unspecified atom stereocenters. The summed E-state index contributed by atoms with van der Waals surface area (Å²) in [7, 11) is 0. The summed E-state index contributed by atoms with van der Waals surface area (Å²) in [6.45, 7) is 17.3. The van der Waals surface area contributed by atoms with Crippen LogP contribution < -0.4 is 0 Å². The number of unbranched alkanes of at least 4 members (excludes halogenated alkanes) is 4. The summed E-state index contributed by atoms with van der Waals surface area (Å²) in [5.41, 5.74) is 20.7. The van der Waals surface area contributed by atoms with E-state index in [-0.39, 0.29) is 28.2 Å². The predicted octanol–water partition coefficient (Wildman–Crippen LogP) is 15.1. The molecule has 0 saturated carbocycles. The van der Waals surface area contributed by atoms with Crippen molar-refractivity contribution in [1.29, 1.82) is 0 Å². The number of carbonyl (C=O) groups is 2. The van der Waals surface area contributed by atoms with Crippen LogP contribution in [0.4, 0.5) is 0 Å². The second kappa shape index (κ2) is 17.5. The summed E-state index contributed by atoms with van der Waals surface area (Å²) in [6.07, 6.45) is 9.79. The van der Waals surface area contributed by atoms with Gasteiger partial charge in [0.1, 0.15) is 0 Å². The van der Waals surface area contributed by atoms with E-state index >= 15 is 0 Å². The van der Waals surface area contributed by atoms with Gasteiger partial charge in [0.15, 0.2) is 0 Å². The number of carbonyl (C=O) groups excluding carboxylic acids is 2. The Bertz CT molecular complexity index is 2810. The maximum Gasteiger partial charge on any atom is 0.330 e. The van der Waals surface area contributed by atoms with Gasteiger partial charge in [-0.05, 0) is 168 Å². The predicted molar refractivity (Wildman–Crippen MR) is 271 cm³/mol. The van der Waals surface area contributed by atoms with Crippen LogP contribution in [0.1, 0.15) is 112 Å². The van der Waals surface area contributed by atoms with Crippen LogP contribution in [-0.4, -0.2) is 25.2 Å². The molecule has 6 aromatic rings. The first-order valence-corrected chi connectivity index (χ1v) is 24.0. The number of esters is 2. The van der Waals surface area contributed by atoms with Crippen LogP contribution in [-0.2, 0) is 35.3 Å². The first-order chi connectivity index (χ1) is 30.9. The average molecular weight is 957 g/mol. The normalized spacial score (nSPS) is 15.0. The minimum absolute atomic E-state index is 0.0965. The van der Waals surface area contributed by atoms with Crippen LogP contribution in [0.2, 0.25) is 0 Å². The van der Waals surface area contributed by atoms with Gasteiger partial charge in [-0.15, -0.1) is 0 Å². The van der Waals surface area contributed by atoms with Crippen LogP contribution in [0, 0.1) is 3.57 Å². The lowest BCUT2D eigenvalue weighted by Gasteiger charge is -2.33. The molecule has 6 aromatic carbocycles. The van der Waals surface area contributed by atoms with Gasteiger partial charge in [0.25, 0.3) is 0 Å². The molecule has 0 aliphatic heterocycles. The number of fused-ring (bicyclic) bond motifs is 9. The summed E-state index contributed by atoms with van der Waals surface area (Å²) in [5, 5.41) is 0. The number of hydrogen-bond acceptors (Lipinski definition) is 4. The molecule has 0 saturated heterocycles. The lowest BCUT2D eigenvalue weighted by Crippen LogP contribution is -2.26. The van der Waals surface area contributed by atoms with Crippen LogP contribution in [0.3, 0.4) is 0 Å². The summed E-state index contributed by atoms with van der Waals surface area (Å²) in [5.74, 6) is -0.748. The topological polar surface area (TPSA) is 52.6 Å². The van der Waals surface area contributed by atoms with Gasteiger partial charge in [-0.25, -0.2) is 9.59 Å². The number of rotatable bonds is 16. The maximum absolute atomic E-state index is 11.9. The molecule has 0 aromatic heterocycles. The zero-order chi connectivity index (χ0) is 44.8. The number of hydrogen-bond donors (Lipinski definition) is 0. The smallest absolute Gasteiger partial charge is 0.330 e. The van der Waals surface area contributed by atoms with Crippen molar-refractivity contribution >= 4 is 34.5 Å². The van der Waals surface area contributed by atoms with Gasteiger partial charge >= 0.3 is 11.9 Å². The third-order valence-electron chi connectivity index (χ3n) is 14.6. The summed E-state index contributed by atoms with van der Waals surface area (Å²) in [6, 6.07) is 44.0. The molecule has 0 bridgehead atoms. The molecule has 0 atom stereocenters. The molecule has 5 heteroatoms. The van der Waals surface area contributed by atoms with Crippen molar-refractivity contribution in [3.05, 3.63) is 178 Å². The van der Waals surface area contributed by atoms with Crippen LogP contribution >= 0.6 is 22.6 Å². The van der Waals surface area contributed by atoms with Crippen molar-refractivity contribution in [3.63, 3.8) is 0 Å². The van der Waals surface area contributed by atoms with E-state index in [0.29, 0.717) is 13.2 Å². The molecular formula is C59H57IO4.